The molecule has 3 rings (SSSR count). The van der Waals surface area contributed by atoms with Crippen LogP contribution in [0.2, 0.25) is 5.02 Å². The average Bonchev–Trinajstić information content (AvgIpc) is 2.91. The quantitative estimate of drug-likeness (QED) is 0.700. The summed E-state index contributed by atoms with van der Waals surface area (Å²) < 4.78 is 18.5. The van der Waals surface area contributed by atoms with E-state index >= 15 is 0 Å². The molecule has 1 N–H and O–H groups in total. The van der Waals surface area contributed by atoms with Crippen molar-refractivity contribution in [3.63, 3.8) is 0 Å². The van der Waals surface area contributed by atoms with E-state index in [1.807, 2.05) is 30.3 Å². The summed E-state index contributed by atoms with van der Waals surface area (Å²) in [5.74, 6) is -0.267. The summed E-state index contributed by atoms with van der Waals surface area (Å²) in [6, 6.07) is 13.2. The van der Waals surface area contributed by atoms with E-state index in [2.05, 4.69) is 5.32 Å². The zero-order valence-electron chi connectivity index (χ0n) is 11.3. The molecule has 0 aliphatic rings. The molecule has 3 aromatic rings. The first-order valence-corrected chi connectivity index (χ1v) is 6.92. The highest BCUT2D eigenvalue weighted by molar-refractivity contribution is 6.33. The Morgan fingerprint density at radius 3 is 2.77 bits per heavy atom. The third-order valence-corrected chi connectivity index (χ3v) is 3.35. The highest BCUT2D eigenvalue weighted by atomic mass is 35.5. The number of amides is 1. The van der Waals surface area contributed by atoms with E-state index in [0.717, 1.165) is 17.0 Å². The number of halogens is 2. The lowest BCUT2D eigenvalue weighted by Gasteiger charge is -2.04. The zero-order chi connectivity index (χ0) is 15.5. The van der Waals surface area contributed by atoms with Crippen LogP contribution in [0.3, 0.4) is 0 Å². The van der Waals surface area contributed by atoms with E-state index in [9.17, 15) is 9.18 Å². The molecule has 0 radical (unpaired) electrons. The number of hydrogen-bond acceptors (Lipinski definition) is 2. The first kappa shape index (κ1) is 14.4. The molecule has 1 heterocycles. The largest absolute Gasteiger partial charge is 0.457 e. The van der Waals surface area contributed by atoms with Crippen LogP contribution in [-0.4, -0.2) is 5.91 Å². The van der Waals surface area contributed by atoms with E-state index < -0.39 is 5.82 Å². The molecule has 0 bridgehead atoms. The topological polar surface area (TPSA) is 42.2 Å². The molecule has 0 unspecified atom stereocenters. The van der Waals surface area contributed by atoms with Crippen molar-refractivity contribution in [2.75, 3.05) is 5.32 Å². The molecule has 0 aliphatic heterocycles. The van der Waals surface area contributed by atoms with Gasteiger partial charge in [0.25, 0.3) is 0 Å². The number of carbonyl (C=O) groups excluding carboxylic acids is 1. The van der Waals surface area contributed by atoms with Gasteiger partial charge in [-0.1, -0.05) is 29.8 Å². The second-order valence-electron chi connectivity index (χ2n) is 4.63. The van der Waals surface area contributed by atoms with Crippen molar-refractivity contribution >= 4 is 40.2 Å². The smallest absolute Gasteiger partial charge is 0.248 e. The van der Waals surface area contributed by atoms with Crippen molar-refractivity contribution in [2.24, 2.45) is 0 Å². The molecule has 0 saturated carbocycles. The molecule has 3 nitrogen and oxygen atoms in total. The number of carbonyl (C=O) groups is 1. The summed E-state index contributed by atoms with van der Waals surface area (Å²) in [6.07, 6.45) is 2.89. The van der Waals surface area contributed by atoms with E-state index in [1.54, 1.807) is 6.08 Å². The van der Waals surface area contributed by atoms with Gasteiger partial charge < -0.3 is 9.73 Å². The van der Waals surface area contributed by atoms with Crippen molar-refractivity contribution in [1.29, 1.82) is 0 Å². The zero-order valence-corrected chi connectivity index (χ0v) is 12.1. The third kappa shape index (κ3) is 3.18. The van der Waals surface area contributed by atoms with Gasteiger partial charge in [-0.15, -0.1) is 0 Å². The molecule has 110 valence electrons. The van der Waals surface area contributed by atoms with Crippen LogP contribution in [0, 0.1) is 5.82 Å². The molecule has 2 aromatic carbocycles. The van der Waals surface area contributed by atoms with Crippen LogP contribution in [0.15, 0.2) is 59.0 Å². The Hall–Kier alpha value is -2.59. The predicted molar refractivity (Wildman–Crippen MR) is 85.3 cm³/mol. The number of fused-ring (bicyclic) bond motifs is 1. The standard InChI is InChI=1S/C17H11ClFNO2/c18-14-10-12(19)5-7-15(14)20-17(21)8-6-13-9-11-3-1-2-4-16(11)22-13/h1-10H,(H,20,21)/b8-6+. The molecule has 0 saturated heterocycles. The van der Waals surface area contributed by atoms with Gasteiger partial charge in [0.2, 0.25) is 5.91 Å². The lowest BCUT2D eigenvalue weighted by molar-refractivity contribution is -0.111. The maximum absolute atomic E-state index is 12.9. The Bertz CT molecular complexity index is 837. The van der Waals surface area contributed by atoms with Crippen molar-refractivity contribution in [3.05, 3.63) is 71.2 Å². The first-order valence-electron chi connectivity index (χ1n) is 6.54. The first-order chi connectivity index (χ1) is 10.6. The number of anilines is 1. The summed E-state index contributed by atoms with van der Waals surface area (Å²) in [7, 11) is 0. The monoisotopic (exact) mass is 315 g/mol. The lowest BCUT2D eigenvalue weighted by atomic mass is 10.2. The van der Waals surface area contributed by atoms with Crippen LogP contribution in [0.4, 0.5) is 10.1 Å². The number of rotatable bonds is 3. The Kier molecular flexibility index (Phi) is 3.94. The second-order valence-corrected chi connectivity index (χ2v) is 5.04. The van der Waals surface area contributed by atoms with E-state index in [0.29, 0.717) is 11.4 Å². The molecule has 0 atom stereocenters. The Morgan fingerprint density at radius 2 is 2.00 bits per heavy atom. The van der Waals surface area contributed by atoms with E-state index in [4.69, 9.17) is 16.0 Å². The minimum atomic E-state index is -0.458. The van der Waals surface area contributed by atoms with Gasteiger partial charge in [0, 0.05) is 11.5 Å². The van der Waals surface area contributed by atoms with Gasteiger partial charge in [-0.25, -0.2) is 4.39 Å². The molecule has 1 amide bonds. The molecular formula is C17H11ClFNO2. The highest BCUT2D eigenvalue weighted by Crippen LogP contribution is 2.23. The molecule has 0 fully saturated rings. The maximum atomic E-state index is 12.9. The molecule has 5 heteroatoms. The summed E-state index contributed by atoms with van der Waals surface area (Å²) in [6.45, 7) is 0. The van der Waals surface area contributed by atoms with Crippen LogP contribution >= 0.6 is 11.6 Å². The van der Waals surface area contributed by atoms with Crippen molar-refractivity contribution in [1.82, 2.24) is 0 Å². The number of para-hydroxylation sites is 1. The fourth-order valence-electron chi connectivity index (χ4n) is 2.01. The van der Waals surface area contributed by atoms with Crippen LogP contribution < -0.4 is 5.32 Å². The van der Waals surface area contributed by atoms with Gasteiger partial charge in [-0.2, -0.15) is 0 Å². The van der Waals surface area contributed by atoms with Crippen LogP contribution in [0.1, 0.15) is 5.76 Å². The molecule has 1 aromatic heterocycles. The second kappa shape index (κ2) is 6.03. The van der Waals surface area contributed by atoms with Crippen molar-refractivity contribution < 1.29 is 13.6 Å². The number of nitrogens with one attached hydrogen (secondary N) is 1. The number of furan rings is 1. The molecule has 0 aliphatic carbocycles. The van der Waals surface area contributed by atoms with Crippen LogP contribution in [0.25, 0.3) is 17.0 Å². The normalized spacial score (nSPS) is 11.2. The van der Waals surface area contributed by atoms with Gasteiger partial charge in [0.05, 0.1) is 10.7 Å². The predicted octanol–water partition coefficient (Wildman–Crippen LogP) is 4.88. The maximum Gasteiger partial charge on any atom is 0.248 e. The fourth-order valence-corrected chi connectivity index (χ4v) is 2.22. The Morgan fingerprint density at radius 1 is 1.18 bits per heavy atom. The molecule has 0 spiro atoms. The fraction of sp³-hybridized carbons (Fsp3) is 0. The van der Waals surface area contributed by atoms with Crippen molar-refractivity contribution in [3.8, 4) is 0 Å². The Balaban J connectivity index is 1.73. The van der Waals surface area contributed by atoms with E-state index in [1.165, 1.54) is 18.2 Å². The minimum Gasteiger partial charge on any atom is -0.457 e. The summed E-state index contributed by atoms with van der Waals surface area (Å²) in [4.78, 5) is 11.8. The summed E-state index contributed by atoms with van der Waals surface area (Å²) >= 11 is 5.85. The number of benzene rings is 2. The Labute approximate surface area is 131 Å². The average molecular weight is 316 g/mol. The van der Waals surface area contributed by atoms with E-state index in [-0.39, 0.29) is 10.9 Å². The van der Waals surface area contributed by atoms with Gasteiger partial charge >= 0.3 is 0 Å². The number of hydrogen-bond donors (Lipinski definition) is 1. The van der Waals surface area contributed by atoms with Crippen LogP contribution in [0.5, 0.6) is 0 Å². The van der Waals surface area contributed by atoms with Crippen molar-refractivity contribution in [2.45, 2.75) is 0 Å². The van der Waals surface area contributed by atoms with Crippen LogP contribution in [-0.2, 0) is 4.79 Å². The highest BCUT2D eigenvalue weighted by Gasteiger charge is 2.05. The molecule has 22 heavy (non-hydrogen) atoms. The van der Waals surface area contributed by atoms with Gasteiger partial charge in [-0.05, 0) is 36.4 Å². The summed E-state index contributed by atoms with van der Waals surface area (Å²) in [5.41, 5.74) is 1.10. The SMILES string of the molecule is O=C(/C=C/c1cc2ccccc2o1)Nc1ccc(F)cc1Cl. The van der Waals surface area contributed by atoms with Gasteiger partial charge in [0.1, 0.15) is 17.2 Å². The molecular weight excluding hydrogens is 305 g/mol. The lowest BCUT2D eigenvalue weighted by Crippen LogP contribution is -2.08. The minimum absolute atomic E-state index is 0.144. The third-order valence-electron chi connectivity index (χ3n) is 3.03. The van der Waals surface area contributed by atoms with Gasteiger partial charge in [-0.3, -0.25) is 4.79 Å². The van der Waals surface area contributed by atoms with Gasteiger partial charge in [0.15, 0.2) is 0 Å². The summed E-state index contributed by atoms with van der Waals surface area (Å²) in [5, 5.41) is 3.68.